The van der Waals surface area contributed by atoms with Gasteiger partial charge in [0.25, 0.3) is 0 Å². The monoisotopic (exact) mass is 789 g/mol. The number of benzene rings is 3. The Kier molecular flexibility index (Phi) is 20.8. The number of aromatic hydroxyl groups is 3. The number of nitrogens with zero attached hydrogens (tertiary/aromatic N) is 3. The van der Waals surface area contributed by atoms with E-state index in [1.165, 1.54) is 76.0 Å². The van der Waals surface area contributed by atoms with Gasteiger partial charge in [-0.25, -0.2) is 15.0 Å². The zero-order valence-electron chi connectivity index (χ0n) is 34.2. The van der Waals surface area contributed by atoms with E-state index in [9.17, 15) is 15.3 Å². The smallest absolute Gasteiger partial charge is 0.169 e. The molecule has 0 fully saturated rings. The van der Waals surface area contributed by atoms with Gasteiger partial charge in [-0.2, -0.15) is 14.7 Å². The largest absolute Gasteiger partial charge is 0.507 e. The van der Waals surface area contributed by atoms with E-state index in [-0.39, 0.29) is 51.4 Å². The molecule has 0 atom stereocenters. The molecule has 3 N–H and O–H groups in total. The number of hydrogen-bond acceptors (Lipinski definition) is 12. The fraction of sp³-hybridized carbons (Fsp3) is 0.533. The molecule has 0 unspecified atom stereocenters. The van der Waals surface area contributed by atoms with Gasteiger partial charge in [0, 0.05) is 18.2 Å². The summed E-state index contributed by atoms with van der Waals surface area (Å²) in [6.45, 7) is 7.89. The molecule has 312 valence electrons. The predicted octanol–water partition coefficient (Wildman–Crippen LogP) is 12.0. The van der Waals surface area contributed by atoms with Crippen LogP contribution >= 0.6 is 0 Å². The molecule has 3 aromatic carbocycles. The summed E-state index contributed by atoms with van der Waals surface area (Å²) in [7, 11) is 0. The van der Waals surface area contributed by atoms with E-state index in [0.717, 1.165) is 57.8 Å². The summed E-state index contributed by atoms with van der Waals surface area (Å²) in [5.74, 6) is 0.740. The number of rotatable bonds is 30. The normalized spacial score (nSPS) is 11.2. The van der Waals surface area contributed by atoms with Crippen molar-refractivity contribution in [3.05, 3.63) is 54.6 Å². The summed E-state index contributed by atoms with van der Waals surface area (Å²) in [5, 5.41) is 33.4. The van der Waals surface area contributed by atoms with Crippen molar-refractivity contribution in [2.75, 3.05) is 19.8 Å². The molecule has 4 aromatic rings. The van der Waals surface area contributed by atoms with Gasteiger partial charge in [0.15, 0.2) is 34.7 Å². The molecule has 4 rings (SSSR count). The molecule has 57 heavy (non-hydrogen) atoms. The van der Waals surface area contributed by atoms with Crippen molar-refractivity contribution < 1.29 is 44.6 Å². The molecular formula is C45H63N3O9. The van der Waals surface area contributed by atoms with E-state index in [1.807, 2.05) is 0 Å². The molecule has 0 aliphatic carbocycles. The van der Waals surface area contributed by atoms with Crippen LogP contribution in [0.3, 0.4) is 0 Å². The highest BCUT2D eigenvalue weighted by Crippen LogP contribution is 2.38. The van der Waals surface area contributed by atoms with Crippen LogP contribution in [0.4, 0.5) is 0 Å². The first-order valence-corrected chi connectivity index (χ1v) is 21.1. The number of hydrogen-bond donors (Lipinski definition) is 3. The van der Waals surface area contributed by atoms with Crippen LogP contribution in [-0.4, -0.2) is 50.1 Å². The van der Waals surface area contributed by atoms with Gasteiger partial charge in [-0.05, 0) is 55.7 Å². The Morgan fingerprint density at radius 2 is 0.632 bits per heavy atom. The van der Waals surface area contributed by atoms with E-state index in [2.05, 4.69) is 35.7 Å². The SMILES string of the molecule is CCCCCCCCOOc1ccc(-c2nc(-c3ccc(OOCCCCCCCC)cc3O)nc(-c3ccc(OOCCCCCCCC)cc3O)n2)c(O)c1. The highest BCUT2D eigenvalue weighted by atomic mass is 17.2. The Morgan fingerprint density at radius 3 is 0.895 bits per heavy atom. The molecule has 1 aromatic heterocycles. The minimum Gasteiger partial charge on any atom is -0.507 e. The minimum absolute atomic E-state index is 0.0936. The molecule has 12 heteroatoms. The van der Waals surface area contributed by atoms with E-state index in [4.69, 9.17) is 29.3 Å². The van der Waals surface area contributed by atoms with Crippen molar-refractivity contribution in [1.29, 1.82) is 0 Å². The first-order valence-electron chi connectivity index (χ1n) is 21.1. The van der Waals surface area contributed by atoms with Crippen LogP contribution in [0.2, 0.25) is 0 Å². The molecule has 0 radical (unpaired) electrons. The summed E-state index contributed by atoms with van der Waals surface area (Å²) in [6.07, 6.45) is 20.3. The van der Waals surface area contributed by atoms with Crippen molar-refractivity contribution in [2.45, 2.75) is 136 Å². The van der Waals surface area contributed by atoms with Crippen LogP contribution in [0.1, 0.15) is 136 Å². The lowest BCUT2D eigenvalue weighted by Crippen LogP contribution is -2.03. The van der Waals surface area contributed by atoms with E-state index < -0.39 is 0 Å². The van der Waals surface area contributed by atoms with E-state index >= 15 is 0 Å². The Morgan fingerprint density at radius 1 is 0.368 bits per heavy atom. The minimum atomic E-state index is -0.162. The maximum Gasteiger partial charge on any atom is 0.169 e. The second-order valence-electron chi connectivity index (χ2n) is 14.4. The van der Waals surface area contributed by atoms with Crippen LogP contribution in [0.5, 0.6) is 34.5 Å². The van der Waals surface area contributed by atoms with Crippen LogP contribution in [0, 0.1) is 0 Å². The summed E-state index contributed by atoms with van der Waals surface area (Å²) in [5.41, 5.74) is 0.815. The molecule has 0 spiro atoms. The maximum atomic E-state index is 11.1. The molecule has 0 aliphatic rings. The third-order valence-electron chi connectivity index (χ3n) is 9.47. The predicted molar refractivity (Wildman–Crippen MR) is 221 cm³/mol. The Balaban J connectivity index is 1.50. The average Bonchev–Trinajstić information content (AvgIpc) is 3.21. The molecule has 1 heterocycles. The zero-order valence-corrected chi connectivity index (χ0v) is 34.2. The number of phenols is 3. The fourth-order valence-electron chi connectivity index (χ4n) is 6.15. The number of aromatic nitrogens is 3. The van der Waals surface area contributed by atoms with Crippen molar-refractivity contribution in [1.82, 2.24) is 15.0 Å². The molecule has 12 nitrogen and oxygen atoms in total. The first kappa shape index (κ1) is 45.1. The van der Waals surface area contributed by atoms with Crippen LogP contribution in [-0.2, 0) is 14.7 Å². The summed E-state index contributed by atoms with van der Waals surface area (Å²) < 4.78 is 0. The molecular weight excluding hydrogens is 727 g/mol. The van der Waals surface area contributed by atoms with Gasteiger partial charge < -0.3 is 30.0 Å². The number of phenolic OH excluding ortho intramolecular Hbond substituents is 3. The topological polar surface area (TPSA) is 155 Å². The van der Waals surface area contributed by atoms with E-state index in [1.54, 1.807) is 36.4 Å². The second kappa shape index (κ2) is 26.3. The van der Waals surface area contributed by atoms with E-state index in [0.29, 0.717) is 37.1 Å². The highest BCUT2D eigenvalue weighted by molar-refractivity contribution is 5.74. The Hall–Kier alpha value is -4.65. The van der Waals surface area contributed by atoms with Crippen molar-refractivity contribution in [3.8, 4) is 68.7 Å². The van der Waals surface area contributed by atoms with Gasteiger partial charge in [-0.3, -0.25) is 0 Å². The highest BCUT2D eigenvalue weighted by Gasteiger charge is 2.20. The van der Waals surface area contributed by atoms with Crippen LogP contribution < -0.4 is 14.7 Å². The maximum absolute atomic E-state index is 11.1. The fourth-order valence-corrected chi connectivity index (χ4v) is 6.15. The summed E-state index contributed by atoms with van der Waals surface area (Å²) >= 11 is 0. The van der Waals surface area contributed by atoms with Crippen molar-refractivity contribution in [2.24, 2.45) is 0 Å². The van der Waals surface area contributed by atoms with Crippen molar-refractivity contribution in [3.63, 3.8) is 0 Å². The Labute approximate surface area is 338 Å². The molecule has 0 saturated heterocycles. The molecule has 0 saturated carbocycles. The Bertz CT molecular complexity index is 1530. The quantitative estimate of drug-likeness (QED) is 0.0261. The molecule has 0 aliphatic heterocycles. The second-order valence-corrected chi connectivity index (χ2v) is 14.4. The average molecular weight is 790 g/mol. The number of unbranched alkanes of at least 4 members (excludes halogenated alkanes) is 15. The summed E-state index contributed by atoms with van der Waals surface area (Å²) in [6, 6.07) is 14.0. The van der Waals surface area contributed by atoms with Crippen LogP contribution in [0.15, 0.2) is 54.6 Å². The van der Waals surface area contributed by atoms with Gasteiger partial charge in [0.1, 0.15) is 17.2 Å². The molecule has 0 amide bonds. The third kappa shape index (κ3) is 16.0. The lowest BCUT2D eigenvalue weighted by atomic mass is 10.1. The summed E-state index contributed by atoms with van der Waals surface area (Å²) in [4.78, 5) is 46.4. The molecule has 0 bridgehead atoms. The standard InChI is InChI=1S/C45H63N3O9/c1-4-7-10-13-16-19-28-52-55-34-22-25-37(40(49)31-34)43-46-44(38-26-23-35(32-41(38)50)56-53-29-20-17-14-11-8-5-2)48-45(47-43)39-27-24-36(33-42(39)51)57-54-30-21-18-15-12-9-6-3/h22-27,31-33,49-51H,4-21,28-30H2,1-3H3. The van der Waals surface area contributed by atoms with Crippen molar-refractivity contribution >= 4 is 0 Å². The van der Waals surface area contributed by atoms with Gasteiger partial charge in [-0.15, -0.1) is 0 Å². The van der Waals surface area contributed by atoms with Crippen LogP contribution in [0.25, 0.3) is 34.2 Å². The third-order valence-corrected chi connectivity index (χ3v) is 9.47. The van der Waals surface area contributed by atoms with Gasteiger partial charge in [0.2, 0.25) is 0 Å². The van der Waals surface area contributed by atoms with Gasteiger partial charge in [-0.1, -0.05) is 117 Å². The lowest BCUT2D eigenvalue weighted by Gasteiger charge is -2.13. The van der Waals surface area contributed by atoms with Gasteiger partial charge in [0.05, 0.1) is 36.5 Å². The van der Waals surface area contributed by atoms with Gasteiger partial charge >= 0.3 is 0 Å². The first-order chi connectivity index (χ1) is 27.9. The zero-order chi connectivity index (χ0) is 40.5. The lowest BCUT2D eigenvalue weighted by molar-refractivity contribution is -0.207.